The zero-order valence-corrected chi connectivity index (χ0v) is 13.7. The van der Waals surface area contributed by atoms with E-state index >= 15 is 0 Å². The minimum absolute atomic E-state index is 0.489. The van der Waals surface area contributed by atoms with Gasteiger partial charge in [-0.05, 0) is 57.6 Å². The van der Waals surface area contributed by atoms with Crippen LogP contribution in [0.2, 0.25) is 0 Å². The Morgan fingerprint density at radius 3 is 2.90 bits per heavy atom. The van der Waals surface area contributed by atoms with E-state index in [4.69, 9.17) is 0 Å². The average molecular weight is 287 g/mol. The Morgan fingerprint density at radius 1 is 1.33 bits per heavy atom. The average Bonchev–Trinajstić information content (AvgIpc) is 2.86. The van der Waals surface area contributed by atoms with Crippen molar-refractivity contribution in [3.63, 3.8) is 0 Å². The fraction of sp³-hybridized carbons (Fsp3) is 0.667. The maximum absolute atomic E-state index is 3.73. The molecule has 1 heterocycles. The van der Waals surface area contributed by atoms with Crippen molar-refractivity contribution in [2.75, 3.05) is 33.7 Å². The number of hydrogen-bond acceptors (Lipinski definition) is 3. The second kappa shape index (κ2) is 6.47. The van der Waals surface area contributed by atoms with Crippen molar-refractivity contribution in [2.24, 2.45) is 0 Å². The first-order valence-electron chi connectivity index (χ1n) is 8.42. The van der Waals surface area contributed by atoms with Crippen LogP contribution in [0, 0.1) is 0 Å². The molecular weight excluding hydrogens is 258 g/mol. The minimum atomic E-state index is 0.489. The van der Waals surface area contributed by atoms with Crippen molar-refractivity contribution in [1.82, 2.24) is 15.1 Å². The van der Waals surface area contributed by atoms with Gasteiger partial charge in [0.25, 0.3) is 0 Å². The zero-order valence-electron chi connectivity index (χ0n) is 13.7. The van der Waals surface area contributed by atoms with Crippen LogP contribution in [-0.2, 0) is 6.42 Å². The van der Waals surface area contributed by atoms with Gasteiger partial charge < -0.3 is 10.2 Å². The molecule has 1 aliphatic heterocycles. The molecule has 1 aromatic rings. The monoisotopic (exact) mass is 287 g/mol. The number of likely N-dealkylation sites (tertiary alicyclic amines) is 1. The Bertz CT molecular complexity index is 473. The van der Waals surface area contributed by atoms with Gasteiger partial charge in [-0.15, -0.1) is 0 Å². The summed E-state index contributed by atoms with van der Waals surface area (Å²) >= 11 is 0. The van der Waals surface area contributed by atoms with Gasteiger partial charge in [0.2, 0.25) is 0 Å². The molecule has 3 nitrogen and oxygen atoms in total. The number of fused-ring (bicyclic) bond motifs is 1. The highest BCUT2D eigenvalue weighted by atomic mass is 15.2. The lowest BCUT2D eigenvalue weighted by Crippen LogP contribution is -2.51. The fourth-order valence-corrected chi connectivity index (χ4v) is 4.16. The number of nitrogens with one attached hydrogen (secondary N) is 1. The lowest BCUT2D eigenvalue weighted by Gasteiger charge is -2.41. The molecule has 0 amide bonds. The van der Waals surface area contributed by atoms with Crippen LogP contribution < -0.4 is 5.32 Å². The lowest BCUT2D eigenvalue weighted by atomic mass is 10.00. The molecule has 3 rings (SSSR count). The van der Waals surface area contributed by atoms with Crippen molar-refractivity contribution in [2.45, 2.75) is 44.3 Å². The van der Waals surface area contributed by atoms with E-state index in [0.717, 1.165) is 6.54 Å². The molecule has 1 aliphatic carbocycles. The first-order chi connectivity index (χ1) is 10.2. The number of rotatable bonds is 4. The summed E-state index contributed by atoms with van der Waals surface area (Å²) < 4.78 is 0. The molecule has 0 bridgehead atoms. The number of likely N-dealkylation sites (N-methyl/N-ethyl adjacent to an activating group) is 3. The predicted octanol–water partition coefficient (Wildman–Crippen LogP) is 2.29. The van der Waals surface area contributed by atoms with Crippen LogP contribution in [0.5, 0.6) is 0 Å². The molecule has 116 valence electrons. The topological polar surface area (TPSA) is 18.5 Å². The van der Waals surface area contributed by atoms with Crippen molar-refractivity contribution in [3.8, 4) is 0 Å². The highest BCUT2D eigenvalue weighted by molar-refractivity contribution is 5.37. The van der Waals surface area contributed by atoms with E-state index in [1.807, 2.05) is 0 Å². The van der Waals surface area contributed by atoms with E-state index in [1.165, 1.54) is 43.5 Å². The van der Waals surface area contributed by atoms with Crippen LogP contribution in [0.4, 0.5) is 0 Å². The Kier molecular flexibility index (Phi) is 4.63. The van der Waals surface area contributed by atoms with Gasteiger partial charge in [0, 0.05) is 24.7 Å². The molecule has 2 aliphatic rings. The second-order valence-corrected chi connectivity index (χ2v) is 6.73. The number of piperidine rings is 1. The van der Waals surface area contributed by atoms with Crippen molar-refractivity contribution in [3.05, 3.63) is 35.4 Å². The summed E-state index contributed by atoms with van der Waals surface area (Å²) in [4.78, 5) is 5.14. The highest BCUT2D eigenvalue weighted by Gasteiger charge is 2.37. The standard InChI is InChI=1S/C18H29N3/c1-4-19-18-16-10-6-5-8-14(16)12-17(18)21(3)15-9-7-11-20(2)13-15/h5-6,8,10,15,17-19H,4,7,9,11-13H2,1-3H3. The third kappa shape index (κ3) is 3.01. The van der Waals surface area contributed by atoms with Gasteiger partial charge in [-0.3, -0.25) is 4.90 Å². The molecule has 1 fully saturated rings. The first kappa shape index (κ1) is 15.0. The SMILES string of the molecule is CCNC1c2ccccc2CC1N(C)C1CCCN(C)C1. The fourth-order valence-electron chi connectivity index (χ4n) is 4.16. The predicted molar refractivity (Wildman–Crippen MR) is 88.6 cm³/mol. The summed E-state index contributed by atoms with van der Waals surface area (Å²) in [6, 6.07) is 10.8. The van der Waals surface area contributed by atoms with Crippen molar-refractivity contribution < 1.29 is 0 Å². The summed E-state index contributed by atoms with van der Waals surface area (Å²) in [7, 11) is 4.59. The Balaban J connectivity index is 1.78. The van der Waals surface area contributed by atoms with Crippen LogP contribution in [-0.4, -0.2) is 55.6 Å². The summed E-state index contributed by atoms with van der Waals surface area (Å²) in [5, 5.41) is 3.73. The van der Waals surface area contributed by atoms with Gasteiger partial charge in [0.05, 0.1) is 0 Å². The minimum Gasteiger partial charge on any atom is -0.309 e. The van der Waals surface area contributed by atoms with E-state index in [1.54, 1.807) is 0 Å². The molecule has 1 saturated heterocycles. The lowest BCUT2D eigenvalue weighted by molar-refractivity contribution is 0.0862. The van der Waals surface area contributed by atoms with Crippen LogP contribution in [0.3, 0.4) is 0 Å². The molecule has 3 atom stereocenters. The number of hydrogen-bond donors (Lipinski definition) is 1. The maximum Gasteiger partial charge on any atom is 0.0484 e. The molecule has 0 aromatic heterocycles. The summed E-state index contributed by atoms with van der Waals surface area (Å²) in [6.45, 7) is 5.72. The molecule has 3 unspecified atom stereocenters. The van der Waals surface area contributed by atoms with Crippen LogP contribution in [0.1, 0.15) is 36.9 Å². The van der Waals surface area contributed by atoms with E-state index in [0.29, 0.717) is 18.1 Å². The van der Waals surface area contributed by atoms with E-state index in [-0.39, 0.29) is 0 Å². The zero-order chi connectivity index (χ0) is 14.8. The van der Waals surface area contributed by atoms with Crippen molar-refractivity contribution in [1.29, 1.82) is 0 Å². The first-order valence-corrected chi connectivity index (χ1v) is 8.42. The Hall–Kier alpha value is -0.900. The van der Waals surface area contributed by atoms with Crippen molar-refractivity contribution >= 4 is 0 Å². The largest absolute Gasteiger partial charge is 0.309 e. The van der Waals surface area contributed by atoms with Crippen LogP contribution in [0.25, 0.3) is 0 Å². The Morgan fingerprint density at radius 2 is 2.14 bits per heavy atom. The van der Waals surface area contributed by atoms with Gasteiger partial charge in [0.1, 0.15) is 0 Å². The Labute approximate surface area is 129 Å². The quantitative estimate of drug-likeness (QED) is 0.916. The van der Waals surface area contributed by atoms with Gasteiger partial charge in [-0.25, -0.2) is 0 Å². The molecule has 0 radical (unpaired) electrons. The molecular formula is C18H29N3. The maximum atomic E-state index is 3.73. The normalized spacial score (nSPS) is 29.8. The van der Waals surface area contributed by atoms with E-state index in [9.17, 15) is 0 Å². The molecule has 1 aromatic carbocycles. The molecule has 21 heavy (non-hydrogen) atoms. The van der Waals surface area contributed by atoms with E-state index in [2.05, 4.69) is 60.4 Å². The highest BCUT2D eigenvalue weighted by Crippen LogP contribution is 2.35. The number of nitrogens with zero attached hydrogens (tertiary/aromatic N) is 2. The summed E-state index contributed by atoms with van der Waals surface area (Å²) in [5.41, 5.74) is 3.05. The van der Waals surface area contributed by atoms with Crippen LogP contribution in [0.15, 0.2) is 24.3 Å². The third-order valence-corrected chi connectivity index (χ3v) is 5.33. The van der Waals surface area contributed by atoms with Gasteiger partial charge >= 0.3 is 0 Å². The smallest absolute Gasteiger partial charge is 0.0484 e. The van der Waals surface area contributed by atoms with Gasteiger partial charge in [-0.2, -0.15) is 0 Å². The number of benzene rings is 1. The second-order valence-electron chi connectivity index (χ2n) is 6.73. The summed E-state index contributed by atoms with van der Waals surface area (Å²) in [6.07, 6.45) is 3.86. The molecule has 3 heteroatoms. The molecule has 1 N–H and O–H groups in total. The van der Waals surface area contributed by atoms with Crippen LogP contribution >= 0.6 is 0 Å². The summed E-state index contributed by atoms with van der Waals surface area (Å²) in [5.74, 6) is 0. The molecule has 0 saturated carbocycles. The third-order valence-electron chi connectivity index (χ3n) is 5.33. The molecule has 0 spiro atoms. The van der Waals surface area contributed by atoms with Gasteiger partial charge in [0.15, 0.2) is 0 Å². The van der Waals surface area contributed by atoms with Gasteiger partial charge in [-0.1, -0.05) is 31.2 Å². The van der Waals surface area contributed by atoms with E-state index < -0.39 is 0 Å².